The van der Waals surface area contributed by atoms with Crippen molar-refractivity contribution in [3.63, 3.8) is 0 Å². The van der Waals surface area contributed by atoms with Crippen LogP contribution in [0.25, 0.3) is 0 Å². The van der Waals surface area contributed by atoms with Gasteiger partial charge in [-0.05, 0) is 36.5 Å². The Morgan fingerprint density at radius 2 is 1.83 bits per heavy atom. The summed E-state index contributed by atoms with van der Waals surface area (Å²) in [6.07, 6.45) is 3.29. The number of benzene rings is 1. The van der Waals surface area contributed by atoms with Crippen LogP contribution in [0.5, 0.6) is 11.5 Å². The molecule has 1 fully saturated rings. The van der Waals surface area contributed by atoms with Crippen LogP contribution >= 0.6 is 0 Å². The van der Waals surface area contributed by atoms with Gasteiger partial charge in [-0.2, -0.15) is 0 Å². The van der Waals surface area contributed by atoms with Crippen LogP contribution in [0.1, 0.15) is 38.7 Å². The van der Waals surface area contributed by atoms with E-state index in [1.807, 2.05) is 18.2 Å². The van der Waals surface area contributed by atoms with Crippen LogP contribution in [-0.4, -0.2) is 14.2 Å². The zero-order chi connectivity index (χ0) is 13.4. The summed E-state index contributed by atoms with van der Waals surface area (Å²) < 4.78 is 10.8. The molecule has 1 aromatic rings. The first-order chi connectivity index (χ1) is 8.44. The van der Waals surface area contributed by atoms with Gasteiger partial charge < -0.3 is 15.2 Å². The van der Waals surface area contributed by atoms with Gasteiger partial charge in [0.15, 0.2) is 0 Å². The van der Waals surface area contributed by atoms with Crippen molar-refractivity contribution in [2.24, 2.45) is 11.1 Å². The maximum absolute atomic E-state index is 6.72. The van der Waals surface area contributed by atoms with Gasteiger partial charge in [0.2, 0.25) is 0 Å². The van der Waals surface area contributed by atoms with Crippen molar-refractivity contribution < 1.29 is 9.47 Å². The van der Waals surface area contributed by atoms with E-state index < -0.39 is 0 Å². The van der Waals surface area contributed by atoms with Crippen molar-refractivity contribution in [1.29, 1.82) is 0 Å². The predicted molar refractivity (Wildman–Crippen MR) is 73.0 cm³/mol. The van der Waals surface area contributed by atoms with Gasteiger partial charge in [-0.25, -0.2) is 0 Å². The second kappa shape index (κ2) is 4.47. The van der Waals surface area contributed by atoms with Crippen LogP contribution < -0.4 is 15.2 Å². The molecular formula is C15H23NO2. The van der Waals surface area contributed by atoms with Crippen LogP contribution in [0.4, 0.5) is 0 Å². The first-order valence-electron chi connectivity index (χ1n) is 6.46. The summed E-state index contributed by atoms with van der Waals surface area (Å²) in [7, 11) is 3.37. The average molecular weight is 249 g/mol. The van der Waals surface area contributed by atoms with Gasteiger partial charge in [-0.1, -0.05) is 20.3 Å². The molecule has 0 heterocycles. The molecule has 3 nitrogen and oxygen atoms in total. The van der Waals surface area contributed by atoms with Crippen LogP contribution in [-0.2, 0) is 5.54 Å². The van der Waals surface area contributed by atoms with E-state index in [2.05, 4.69) is 13.8 Å². The fraction of sp³-hybridized carbons (Fsp3) is 0.600. The summed E-state index contributed by atoms with van der Waals surface area (Å²) in [5.74, 6) is 1.69. The highest BCUT2D eigenvalue weighted by Crippen LogP contribution is 2.53. The van der Waals surface area contributed by atoms with Crippen molar-refractivity contribution in [1.82, 2.24) is 0 Å². The lowest BCUT2D eigenvalue weighted by Crippen LogP contribution is -2.45. The molecule has 1 atom stereocenters. The minimum Gasteiger partial charge on any atom is -0.497 e. The molecule has 1 aliphatic rings. The Kier molecular flexibility index (Phi) is 3.28. The van der Waals surface area contributed by atoms with E-state index in [9.17, 15) is 0 Å². The Hall–Kier alpha value is -1.22. The van der Waals surface area contributed by atoms with E-state index in [0.717, 1.165) is 36.3 Å². The molecule has 0 aromatic heterocycles. The molecule has 0 aliphatic heterocycles. The lowest BCUT2D eigenvalue weighted by Gasteiger charge is -2.39. The first-order valence-corrected chi connectivity index (χ1v) is 6.46. The topological polar surface area (TPSA) is 44.5 Å². The first kappa shape index (κ1) is 13.2. The summed E-state index contributed by atoms with van der Waals surface area (Å²) in [6, 6.07) is 5.87. The van der Waals surface area contributed by atoms with Gasteiger partial charge in [0.25, 0.3) is 0 Å². The molecule has 1 aliphatic carbocycles. The van der Waals surface area contributed by atoms with Crippen molar-refractivity contribution in [2.75, 3.05) is 14.2 Å². The number of hydrogen-bond donors (Lipinski definition) is 1. The number of methoxy groups -OCH3 is 2. The average Bonchev–Trinajstić information content (AvgIpc) is 2.64. The number of hydrogen-bond acceptors (Lipinski definition) is 3. The highest BCUT2D eigenvalue weighted by Gasteiger charge is 2.48. The number of rotatable bonds is 3. The largest absolute Gasteiger partial charge is 0.497 e. The second-order valence-corrected chi connectivity index (χ2v) is 5.78. The zero-order valence-electron chi connectivity index (χ0n) is 11.7. The Bertz CT molecular complexity index is 442. The standard InChI is InChI=1S/C15H23NO2/c1-14(2)8-5-9-15(14,16)12-10-11(17-3)6-7-13(12)18-4/h6-7,10H,5,8-9,16H2,1-4H3. The maximum atomic E-state index is 6.72. The molecule has 1 saturated carbocycles. The monoisotopic (exact) mass is 249 g/mol. The molecule has 1 unspecified atom stereocenters. The summed E-state index contributed by atoms with van der Waals surface area (Å²) in [4.78, 5) is 0. The van der Waals surface area contributed by atoms with Gasteiger partial charge in [0, 0.05) is 11.1 Å². The van der Waals surface area contributed by atoms with Gasteiger partial charge in [-0.15, -0.1) is 0 Å². The van der Waals surface area contributed by atoms with Crippen molar-refractivity contribution >= 4 is 0 Å². The van der Waals surface area contributed by atoms with Gasteiger partial charge >= 0.3 is 0 Å². The molecule has 0 amide bonds. The van der Waals surface area contributed by atoms with E-state index in [-0.39, 0.29) is 11.0 Å². The van der Waals surface area contributed by atoms with E-state index in [0.29, 0.717) is 0 Å². The predicted octanol–water partition coefficient (Wildman–Crippen LogP) is 3.07. The van der Waals surface area contributed by atoms with E-state index >= 15 is 0 Å². The number of ether oxygens (including phenoxy) is 2. The lowest BCUT2D eigenvalue weighted by molar-refractivity contribution is 0.203. The summed E-state index contributed by atoms with van der Waals surface area (Å²) in [5, 5.41) is 0. The van der Waals surface area contributed by atoms with Gasteiger partial charge in [0.05, 0.1) is 14.2 Å². The Morgan fingerprint density at radius 1 is 1.11 bits per heavy atom. The molecule has 18 heavy (non-hydrogen) atoms. The van der Waals surface area contributed by atoms with E-state index in [4.69, 9.17) is 15.2 Å². The molecule has 3 heteroatoms. The zero-order valence-corrected chi connectivity index (χ0v) is 11.7. The highest BCUT2D eigenvalue weighted by atomic mass is 16.5. The Morgan fingerprint density at radius 3 is 2.33 bits per heavy atom. The summed E-state index contributed by atoms with van der Waals surface area (Å²) in [5.41, 5.74) is 7.52. The van der Waals surface area contributed by atoms with Crippen LogP contribution in [0.3, 0.4) is 0 Å². The highest BCUT2D eigenvalue weighted by molar-refractivity contribution is 5.46. The van der Waals surface area contributed by atoms with Crippen molar-refractivity contribution in [2.45, 2.75) is 38.6 Å². The summed E-state index contributed by atoms with van der Waals surface area (Å²) >= 11 is 0. The van der Waals surface area contributed by atoms with Crippen LogP contribution in [0.2, 0.25) is 0 Å². The van der Waals surface area contributed by atoms with Crippen LogP contribution in [0, 0.1) is 5.41 Å². The maximum Gasteiger partial charge on any atom is 0.124 e. The summed E-state index contributed by atoms with van der Waals surface area (Å²) in [6.45, 7) is 4.47. The molecular weight excluding hydrogens is 226 g/mol. The molecule has 0 radical (unpaired) electrons. The smallest absolute Gasteiger partial charge is 0.124 e. The third kappa shape index (κ3) is 1.87. The SMILES string of the molecule is COc1ccc(OC)c(C2(N)CCCC2(C)C)c1. The molecule has 0 spiro atoms. The van der Waals surface area contributed by atoms with Crippen molar-refractivity contribution in [3.8, 4) is 11.5 Å². The van der Waals surface area contributed by atoms with Crippen molar-refractivity contribution in [3.05, 3.63) is 23.8 Å². The third-order valence-electron chi connectivity index (χ3n) is 4.47. The van der Waals surface area contributed by atoms with Gasteiger partial charge in [-0.3, -0.25) is 0 Å². The van der Waals surface area contributed by atoms with Crippen LogP contribution in [0.15, 0.2) is 18.2 Å². The molecule has 1 aromatic carbocycles. The Labute approximate surface area is 109 Å². The quantitative estimate of drug-likeness (QED) is 0.895. The van der Waals surface area contributed by atoms with E-state index in [1.165, 1.54) is 0 Å². The molecule has 0 bridgehead atoms. The Balaban J connectivity index is 2.55. The minimum atomic E-state index is -0.340. The number of nitrogens with two attached hydrogens (primary N) is 1. The minimum absolute atomic E-state index is 0.0760. The van der Waals surface area contributed by atoms with E-state index in [1.54, 1.807) is 14.2 Å². The third-order valence-corrected chi connectivity index (χ3v) is 4.47. The molecule has 2 N–H and O–H groups in total. The second-order valence-electron chi connectivity index (χ2n) is 5.78. The normalized spacial score (nSPS) is 26.1. The molecule has 100 valence electrons. The van der Waals surface area contributed by atoms with Gasteiger partial charge in [0.1, 0.15) is 11.5 Å². The molecule has 2 rings (SSSR count). The fourth-order valence-corrected chi connectivity index (χ4v) is 3.03. The molecule has 0 saturated heterocycles. The lowest BCUT2D eigenvalue weighted by atomic mass is 9.71. The fourth-order valence-electron chi connectivity index (χ4n) is 3.03.